The highest BCUT2D eigenvalue weighted by Crippen LogP contribution is 2.25. The Kier molecular flexibility index (Phi) is 7.66. The number of β-amino-alcohol motifs (C(OH)–C–C–N with tert-alkyl or cyclic N) is 1. The number of aliphatic hydroxyl groups excluding tert-OH is 1. The molecule has 0 radical (unpaired) electrons. The number of nitrogens with one attached hydrogen (secondary N) is 1. The molecule has 1 aromatic carbocycles. The maximum Gasteiger partial charge on any atom is 0.303 e. The molecule has 0 amide bonds. The molecule has 1 unspecified atom stereocenters. The van der Waals surface area contributed by atoms with Gasteiger partial charge < -0.3 is 20.3 Å². The first-order valence-corrected chi connectivity index (χ1v) is 8.06. The van der Waals surface area contributed by atoms with Crippen molar-refractivity contribution in [3.8, 4) is 5.75 Å². The Morgan fingerprint density at radius 2 is 1.96 bits per heavy atom. The molecule has 0 aromatic heterocycles. The molecule has 3 N–H and O–H groups in total. The zero-order chi connectivity index (χ0) is 18.3. The van der Waals surface area contributed by atoms with Gasteiger partial charge in [0.2, 0.25) is 0 Å². The Hall–Kier alpha value is -1.63. The van der Waals surface area contributed by atoms with Gasteiger partial charge in [-0.05, 0) is 39.0 Å². The van der Waals surface area contributed by atoms with Crippen molar-refractivity contribution >= 4 is 23.4 Å². The number of carboxylic acid groups (broad SMARTS) is 1. The number of halogens is 1. The van der Waals surface area contributed by atoms with Gasteiger partial charge >= 0.3 is 5.97 Å². The van der Waals surface area contributed by atoms with E-state index in [9.17, 15) is 14.7 Å². The van der Waals surface area contributed by atoms with Gasteiger partial charge in [0.25, 0.3) is 0 Å². The van der Waals surface area contributed by atoms with E-state index in [-0.39, 0.29) is 42.1 Å². The summed E-state index contributed by atoms with van der Waals surface area (Å²) in [7, 11) is 0. The molecule has 0 spiro atoms. The lowest BCUT2D eigenvalue weighted by Crippen LogP contribution is -2.42. The number of hydrogen-bond donors (Lipinski definition) is 3. The van der Waals surface area contributed by atoms with Gasteiger partial charge in [-0.2, -0.15) is 0 Å². The molecule has 0 fully saturated rings. The fourth-order valence-electron chi connectivity index (χ4n) is 1.87. The van der Waals surface area contributed by atoms with E-state index in [2.05, 4.69) is 5.32 Å². The lowest BCUT2D eigenvalue weighted by molar-refractivity contribution is -0.136. The van der Waals surface area contributed by atoms with Crippen molar-refractivity contribution in [2.45, 2.75) is 45.3 Å². The first-order chi connectivity index (χ1) is 11.1. The highest BCUT2D eigenvalue weighted by molar-refractivity contribution is 6.30. The van der Waals surface area contributed by atoms with Crippen molar-refractivity contribution in [1.82, 2.24) is 5.32 Å². The van der Waals surface area contributed by atoms with Crippen molar-refractivity contribution in [3.05, 3.63) is 28.8 Å². The second kappa shape index (κ2) is 9.01. The summed E-state index contributed by atoms with van der Waals surface area (Å²) in [6.45, 7) is 6.28. The lowest BCUT2D eigenvalue weighted by Gasteiger charge is -2.23. The van der Waals surface area contributed by atoms with Crippen LogP contribution in [-0.4, -0.2) is 46.8 Å². The monoisotopic (exact) mass is 357 g/mol. The summed E-state index contributed by atoms with van der Waals surface area (Å²) in [6, 6.07) is 4.53. The topological polar surface area (TPSA) is 95.9 Å². The number of rotatable bonds is 9. The zero-order valence-corrected chi connectivity index (χ0v) is 14.9. The number of hydrogen-bond acceptors (Lipinski definition) is 5. The number of benzene rings is 1. The predicted octanol–water partition coefficient (Wildman–Crippen LogP) is 2.52. The molecule has 0 saturated heterocycles. The Morgan fingerprint density at radius 1 is 1.29 bits per heavy atom. The predicted molar refractivity (Wildman–Crippen MR) is 91.9 cm³/mol. The van der Waals surface area contributed by atoms with Gasteiger partial charge in [-0.25, -0.2) is 0 Å². The molecule has 1 atom stereocenters. The minimum atomic E-state index is -1.04. The Morgan fingerprint density at radius 3 is 2.54 bits per heavy atom. The molecule has 0 bridgehead atoms. The summed E-state index contributed by atoms with van der Waals surface area (Å²) in [6.07, 6.45) is -1.13. The molecule has 134 valence electrons. The van der Waals surface area contributed by atoms with Gasteiger partial charge in [-0.15, -0.1) is 0 Å². The van der Waals surface area contributed by atoms with Crippen LogP contribution in [0.1, 0.15) is 44.0 Å². The first-order valence-electron chi connectivity index (χ1n) is 7.69. The number of aliphatic carboxylic acids is 1. The van der Waals surface area contributed by atoms with E-state index in [1.807, 2.05) is 20.8 Å². The molecule has 0 saturated carbocycles. The van der Waals surface area contributed by atoms with Crippen molar-refractivity contribution in [3.63, 3.8) is 0 Å². The maximum atomic E-state index is 12.1. The Bertz CT molecular complexity index is 583. The van der Waals surface area contributed by atoms with E-state index in [0.29, 0.717) is 11.6 Å². The molecular weight excluding hydrogens is 334 g/mol. The summed E-state index contributed by atoms with van der Waals surface area (Å²) in [4.78, 5) is 22.7. The molecule has 1 aromatic rings. The standard InChI is InChI=1S/C17H24ClNO5/c1-17(2,3)19-9-12(20)10-24-15-8-11(18)4-5-13(15)14(21)6-7-16(22)23/h4-5,8,12,19-20H,6-7,9-10H2,1-3H3,(H,22,23). The molecule has 24 heavy (non-hydrogen) atoms. The largest absolute Gasteiger partial charge is 0.490 e. The van der Waals surface area contributed by atoms with Crippen LogP contribution in [0.25, 0.3) is 0 Å². The van der Waals surface area contributed by atoms with Gasteiger partial charge in [0, 0.05) is 23.5 Å². The van der Waals surface area contributed by atoms with Gasteiger partial charge in [-0.3, -0.25) is 9.59 Å². The molecule has 7 heteroatoms. The summed E-state index contributed by atoms with van der Waals surface area (Å²) in [5.41, 5.74) is 0.131. The second-order valence-electron chi connectivity index (χ2n) is 6.55. The van der Waals surface area contributed by atoms with Crippen LogP contribution in [0, 0.1) is 0 Å². The molecule has 0 aliphatic rings. The number of ketones is 1. The number of ether oxygens (including phenoxy) is 1. The lowest BCUT2D eigenvalue weighted by atomic mass is 10.1. The van der Waals surface area contributed by atoms with E-state index >= 15 is 0 Å². The highest BCUT2D eigenvalue weighted by atomic mass is 35.5. The van der Waals surface area contributed by atoms with Crippen LogP contribution in [0.4, 0.5) is 0 Å². The van der Waals surface area contributed by atoms with E-state index < -0.39 is 12.1 Å². The fraction of sp³-hybridized carbons (Fsp3) is 0.529. The number of carbonyl (C=O) groups is 2. The minimum Gasteiger partial charge on any atom is -0.490 e. The molecular formula is C17H24ClNO5. The van der Waals surface area contributed by atoms with Crippen LogP contribution in [-0.2, 0) is 4.79 Å². The smallest absolute Gasteiger partial charge is 0.303 e. The van der Waals surface area contributed by atoms with Crippen molar-refractivity contribution in [1.29, 1.82) is 0 Å². The second-order valence-corrected chi connectivity index (χ2v) is 6.99. The van der Waals surface area contributed by atoms with Gasteiger partial charge in [0.15, 0.2) is 5.78 Å². The van der Waals surface area contributed by atoms with Crippen molar-refractivity contribution in [2.24, 2.45) is 0 Å². The molecule has 6 nitrogen and oxygen atoms in total. The van der Waals surface area contributed by atoms with E-state index in [1.54, 1.807) is 6.07 Å². The van der Waals surface area contributed by atoms with E-state index in [0.717, 1.165) is 0 Å². The molecule has 0 heterocycles. The summed E-state index contributed by atoms with van der Waals surface area (Å²) in [5, 5.41) is 22.2. The average molecular weight is 358 g/mol. The highest BCUT2D eigenvalue weighted by Gasteiger charge is 2.17. The fourth-order valence-corrected chi connectivity index (χ4v) is 2.03. The number of carboxylic acids is 1. The molecule has 0 aliphatic carbocycles. The van der Waals surface area contributed by atoms with Crippen LogP contribution in [0.5, 0.6) is 5.75 Å². The summed E-state index contributed by atoms with van der Waals surface area (Å²) >= 11 is 5.93. The number of Topliss-reactive ketones (excluding diaryl/α,β-unsaturated/α-hetero) is 1. The van der Waals surface area contributed by atoms with Crippen LogP contribution in [0.3, 0.4) is 0 Å². The van der Waals surface area contributed by atoms with Crippen molar-refractivity contribution < 1.29 is 24.5 Å². The summed E-state index contributed by atoms with van der Waals surface area (Å²) < 4.78 is 5.53. The quantitative estimate of drug-likeness (QED) is 0.588. The van der Waals surface area contributed by atoms with Crippen LogP contribution < -0.4 is 10.1 Å². The third-order valence-corrected chi connectivity index (χ3v) is 3.34. The summed E-state index contributed by atoms with van der Waals surface area (Å²) in [5.74, 6) is -1.14. The van der Waals surface area contributed by atoms with Crippen LogP contribution >= 0.6 is 11.6 Å². The normalized spacial score (nSPS) is 12.7. The maximum absolute atomic E-state index is 12.1. The SMILES string of the molecule is CC(C)(C)NCC(O)COc1cc(Cl)ccc1C(=O)CCC(=O)O. The zero-order valence-electron chi connectivity index (χ0n) is 14.1. The first kappa shape index (κ1) is 20.4. The van der Waals surface area contributed by atoms with E-state index in [4.69, 9.17) is 21.4 Å². The Labute approximate surface area is 146 Å². The third-order valence-electron chi connectivity index (χ3n) is 3.11. The van der Waals surface area contributed by atoms with Gasteiger partial charge in [0.05, 0.1) is 12.0 Å². The average Bonchev–Trinajstić information content (AvgIpc) is 2.47. The molecule has 0 aliphatic heterocycles. The van der Waals surface area contributed by atoms with Gasteiger partial charge in [0.1, 0.15) is 18.5 Å². The van der Waals surface area contributed by atoms with E-state index in [1.165, 1.54) is 12.1 Å². The Balaban J connectivity index is 2.71. The van der Waals surface area contributed by atoms with Crippen molar-refractivity contribution in [2.75, 3.05) is 13.2 Å². The van der Waals surface area contributed by atoms with Gasteiger partial charge in [-0.1, -0.05) is 11.6 Å². The van der Waals surface area contributed by atoms with Crippen LogP contribution in [0.2, 0.25) is 5.02 Å². The van der Waals surface area contributed by atoms with Crippen LogP contribution in [0.15, 0.2) is 18.2 Å². The number of aliphatic hydroxyl groups is 1. The third kappa shape index (κ3) is 7.77. The minimum absolute atomic E-state index is 0.0113. The number of carbonyl (C=O) groups excluding carboxylic acids is 1. The molecule has 1 rings (SSSR count).